The van der Waals surface area contributed by atoms with Gasteiger partial charge in [0.2, 0.25) is 11.8 Å². The number of likely N-dealkylation sites (tertiary alicyclic amines) is 1. The minimum atomic E-state index is -1.04. The van der Waals surface area contributed by atoms with E-state index in [2.05, 4.69) is 11.1 Å². The summed E-state index contributed by atoms with van der Waals surface area (Å²) in [5.41, 5.74) is 0.688. The van der Waals surface area contributed by atoms with Gasteiger partial charge < -0.3 is 15.1 Å². The van der Waals surface area contributed by atoms with E-state index in [-0.39, 0.29) is 30.2 Å². The zero-order valence-electron chi connectivity index (χ0n) is 17.4. The van der Waals surface area contributed by atoms with Crippen molar-refractivity contribution < 1.29 is 24.6 Å². The van der Waals surface area contributed by atoms with E-state index in [4.69, 9.17) is 11.3 Å². The summed E-state index contributed by atoms with van der Waals surface area (Å²) in [5, 5.41) is 25.6. The molecule has 3 aliphatic carbocycles. The average Bonchev–Trinajstić information content (AvgIpc) is 3.01. The Morgan fingerprint density at radius 1 is 1.07 bits per heavy atom. The van der Waals surface area contributed by atoms with Gasteiger partial charge in [0.1, 0.15) is 6.61 Å². The average molecular weight is 417 g/mol. The highest BCUT2D eigenvalue weighted by molar-refractivity contribution is 6.06. The minimum absolute atomic E-state index is 0.0129. The molecule has 30 heavy (non-hydrogen) atoms. The first-order valence-corrected chi connectivity index (χ1v) is 11.4. The van der Waals surface area contributed by atoms with Crippen molar-refractivity contribution in [2.24, 2.45) is 28.8 Å². The highest BCUT2D eigenvalue weighted by atomic mass is 16.6. The molecule has 2 N–H and O–H groups in total. The lowest BCUT2D eigenvalue weighted by Gasteiger charge is -2.45. The first-order chi connectivity index (χ1) is 14.5. The van der Waals surface area contributed by atoms with E-state index in [9.17, 15) is 19.8 Å². The van der Waals surface area contributed by atoms with Crippen molar-refractivity contribution in [3.8, 4) is 12.3 Å². The molecule has 4 aliphatic rings. The molecule has 1 heterocycles. The number of terminal acetylenes is 1. The summed E-state index contributed by atoms with van der Waals surface area (Å²) >= 11 is 0. The van der Waals surface area contributed by atoms with Crippen LogP contribution in [0.1, 0.15) is 64.2 Å². The highest BCUT2D eigenvalue weighted by Gasteiger charge is 2.60. The molecule has 1 aliphatic heterocycles. The second-order valence-corrected chi connectivity index (χ2v) is 9.22. The van der Waals surface area contributed by atoms with Crippen molar-refractivity contribution in [2.75, 3.05) is 6.61 Å². The van der Waals surface area contributed by atoms with Gasteiger partial charge in [0.05, 0.1) is 29.8 Å². The molecule has 0 unspecified atom stereocenters. The molecule has 0 aromatic heterocycles. The lowest BCUT2D eigenvalue weighted by Crippen LogP contribution is -2.54. The molecule has 0 aromatic carbocycles. The summed E-state index contributed by atoms with van der Waals surface area (Å²) in [4.78, 5) is 33.5. The maximum absolute atomic E-state index is 13.4. The second kappa shape index (κ2) is 9.07. The van der Waals surface area contributed by atoms with Crippen molar-refractivity contribution in [2.45, 2.75) is 82.5 Å². The number of carbonyl (C=O) groups excluding carboxylic acids is 2. The van der Waals surface area contributed by atoms with Crippen LogP contribution in [0.25, 0.3) is 0 Å². The van der Waals surface area contributed by atoms with Gasteiger partial charge in [-0.25, -0.2) is 0 Å². The minimum Gasteiger partial charge on any atom is -0.396 e. The molecular weight excluding hydrogens is 384 g/mol. The van der Waals surface area contributed by atoms with Crippen LogP contribution in [0.2, 0.25) is 0 Å². The Morgan fingerprint density at radius 2 is 1.80 bits per heavy atom. The van der Waals surface area contributed by atoms with Crippen molar-refractivity contribution in [1.29, 1.82) is 0 Å². The normalized spacial score (nSPS) is 38.3. The van der Waals surface area contributed by atoms with Gasteiger partial charge in [-0.1, -0.05) is 24.4 Å². The quantitative estimate of drug-likeness (QED) is 0.308. The van der Waals surface area contributed by atoms with E-state index in [1.54, 1.807) is 0 Å². The first kappa shape index (κ1) is 21.3. The van der Waals surface area contributed by atoms with Crippen molar-refractivity contribution in [1.82, 2.24) is 4.90 Å². The van der Waals surface area contributed by atoms with E-state index in [0.717, 1.165) is 32.1 Å². The molecule has 1 saturated heterocycles. The van der Waals surface area contributed by atoms with Gasteiger partial charge in [-0.2, -0.15) is 0 Å². The van der Waals surface area contributed by atoms with Gasteiger partial charge >= 0.3 is 0 Å². The van der Waals surface area contributed by atoms with E-state index in [1.807, 2.05) is 0 Å². The van der Waals surface area contributed by atoms with Gasteiger partial charge in [-0.05, 0) is 32.1 Å². The highest BCUT2D eigenvalue weighted by Crippen LogP contribution is 2.50. The van der Waals surface area contributed by atoms with Crippen LogP contribution in [0.3, 0.4) is 0 Å². The Bertz CT molecular complexity index is 738. The van der Waals surface area contributed by atoms with E-state index in [0.29, 0.717) is 38.0 Å². The van der Waals surface area contributed by atoms with Gasteiger partial charge in [0.15, 0.2) is 0 Å². The number of imide groups is 1. The van der Waals surface area contributed by atoms with Crippen LogP contribution in [0.15, 0.2) is 5.16 Å². The van der Waals surface area contributed by atoms with E-state index in [1.165, 1.54) is 4.90 Å². The number of hydrogen-bond donors (Lipinski definition) is 2. The number of amides is 2. The van der Waals surface area contributed by atoms with Crippen LogP contribution in [-0.2, 0) is 14.4 Å². The Morgan fingerprint density at radius 3 is 2.53 bits per heavy atom. The number of hydrogen-bond acceptors (Lipinski definition) is 6. The fraction of sp³-hybridized carbons (Fsp3) is 0.783. The number of nitrogens with zero attached hydrogens (tertiary/aromatic N) is 2. The first-order valence-electron chi connectivity index (χ1n) is 11.4. The molecule has 4 fully saturated rings. The Hall–Kier alpha value is -1.91. The largest absolute Gasteiger partial charge is 0.396 e. The Kier molecular flexibility index (Phi) is 6.45. The fourth-order valence-electron chi connectivity index (χ4n) is 6.06. The molecule has 0 bridgehead atoms. The molecule has 7 heteroatoms. The monoisotopic (exact) mass is 416 g/mol. The number of fused-ring (bicyclic) bond motifs is 3. The maximum Gasteiger partial charge on any atom is 0.233 e. The number of oxime groups is 1. The number of rotatable bonds is 5. The second-order valence-electron chi connectivity index (χ2n) is 9.22. The third kappa shape index (κ3) is 3.76. The third-order valence-corrected chi connectivity index (χ3v) is 7.49. The molecule has 4 rings (SSSR count). The van der Waals surface area contributed by atoms with Crippen LogP contribution >= 0.6 is 0 Å². The van der Waals surface area contributed by atoms with Crippen LogP contribution in [0.5, 0.6) is 0 Å². The Labute approximate surface area is 177 Å². The summed E-state index contributed by atoms with van der Waals surface area (Å²) in [6.07, 6.45) is 11.0. The van der Waals surface area contributed by atoms with Crippen molar-refractivity contribution >= 4 is 17.5 Å². The number of aliphatic hydroxyl groups is 2. The van der Waals surface area contributed by atoms with Gasteiger partial charge in [-0.3, -0.25) is 14.5 Å². The smallest absolute Gasteiger partial charge is 0.233 e. The van der Waals surface area contributed by atoms with Gasteiger partial charge in [0, 0.05) is 30.7 Å². The molecule has 6 atom stereocenters. The fourth-order valence-corrected chi connectivity index (χ4v) is 6.06. The molecule has 2 amide bonds. The standard InChI is InChI=1S/C23H32N2O5/c1-2-3-7-12-30-24-17-13-18(26)21(27)19-15(17)10-11-16-20(19)23(29)25(22(16)28)14-8-5-4-6-9-14/h1,14-16,18-21,26-27H,3-13H2/t15-,16-,18-,19-,20-,21+/m1/s1. The van der Waals surface area contributed by atoms with Crippen LogP contribution < -0.4 is 0 Å². The lowest BCUT2D eigenvalue weighted by molar-refractivity contribution is -0.145. The van der Waals surface area contributed by atoms with Crippen LogP contribution in [0, 0.1) is 36.0 Å². The summed E-state index contributed by atoms with van der Waals surface area (Å²) in [5.74, 6) is 0.707. The third-order valence-electron chi connectivity index (χ3n) is 7.49. The number of unbranched alkanes of at least 4 members (excludes halogenated alkanes) is 1. The number of aliphatic hydroxyl groups excluding tert-OH is 2. The molecule has 0 spiro atoms. The summed E-state index contributed by atoms with van der Waals surface area (Å²) in [6.45, 7) is 0.392. The molecule has 3 saturated carbocycles. The molecule has 7 nitrogen and oxygen atoms in total. The van der Waals surface area contributed by atoms with E-state index >= 15 is 0 Å². The molecule has 0 radical (unpaired) electrons. The summed E-state index contributed by atoms with van der Waals surface area (Å²) < 4.78 is 0. The summed E-state index contributed by atoms with van der Waals surface area (Å²) in [6, 6.07) is -0.0129. The maximum atomic E-state index is 13.4. The Balaban J connectivity index is 1.55. The van der Waals surface area contributed by atoms with Crippen molar-refractivity contribution in [3.05, 3.63) is 0 Å². The predicted octanol–water partition coefficient (Wildman–Crippen LogP) is 1.86. The van der Waals surface area contributed by atoms with Gasteiger partial charge in [-0.15, -0.1) is 12.3 Å². The molecular formula is C23H32N2O5. The summed E-state index contributed by atoms with van der Waals surface area (Å²) in [7, 11) is 0. The molecule has 0 aromatic rings. The SMILES string of the molecule is C#CCCCON=C1C[C@@H](O)[C@H](O)[C@H]2[C@@H]3C(=O)N(C4CCCCC4)C(=O)[C@@H]3CC[C@H]12. The van der Waals surface area contributed by atoms with Gasteiger partial charge in [0.25, 0.3) is 0 Å². The zero-order chi connectivity index (χ0) is 21.3. The van der Waals surface area contributed by atoms with Crippen LogP contribution in [0.4, 0.5) is 0 Å². The van der Waals surface area contributed by atoms with Crippen LogP contribution in [-0.4, -0.2) is 57.5 Å². The van der Waals surface area contributed by atoms with Crippen molar-refractivity contribution in [3.63, 3.8) is 0 Å². The topological polar surface area (TPSA) is 99.4 Å². The zero-order valence-corrected chi connectivity index (χ0v) is 17.4. The van der Waals surface area contributed by atoms with E-state index < -0.39 is 30.0 Å². The lowest BCUT2D eigenvalue weighted by atomic mass is 9.60. The predicted molar refractivity (Wildman–Crippen MR) is 110 cm³/mol. The number of carbonyl (C=O) groups is 2. The molecule has 164 valence electrons.